The van der Waals surface area contributed by atoms with Gasteiger partial charge in [-0.1, -0.05) is 24.3 Å². The first-order valence-electron chi connectivity index (χ1n) is 8.94. The Morgan fingerprint density at radius 2 is 1.88 bits per heavy atom. The molecular weight excluding hydrogens is 330 g/mol. The molecule has 1 amide bonds. The lowest BCUT2D eigenvalue weighted by Crippen LogP contribution is -2.34. The highest BCUT2D eigenvalue weighted by Gasteiger charge is 2.21. The molecule has 0 saturated heterocycles. The molecule has 0 bridgehead atoms. The minimum atomic E-state index is -0.521. The van der Waals surface area contributed by atoms with Gasteiger partial charge in [-0.3, -0.25) is 4.79 Å². The van der Waals surface area contributed by atoms with E-state index in [1.807, 2.05) is 25.1 Å². The summed E-state index contributed by atoms with van der Waals surface area (Å²) in [5, 5.41) is 2.97. The van der Waals surface area contributed by atoms with Crippen molar-refractivity contribution in [2.45, 2.75) is 32.2 Å². The predicted octanol–water partition coefficient (Wildman–Crippen LogP) is 3.44. The molecule has 2 aromatic rings. The molecule has 3 rings (SSSR count). The zero-order valence-corrected chi connectivity index (χ0v) is 14.9. The SMILES string of the molecule is CCOc1ccc(C(=O)OCC(=O)N[C@@H]2CCCc3ccccc32)cc1. The van der Waals surface area contributed by atoms with E-state index in [4.69, 9.17) is 9.47 Å². The third-order valence-electron chi connectivity index (χ3n) is 4.44. The standard InChI is InChI=1S/C21H23NO4/c1-2-25-17-12-10-16(11-13-17)21(24)26-14-20(23)22-19-9-5-7-15-6-3-4-8-18(15)19/h3-4,6,8,10-13,19H,2,5,7,9,14H2,1H3,(H,22,23)/t19-/m1/s1. The molecule has 2 aromatic carbocycles. The van der Waals surface area contributed by atoms with Crippen LogP contribution in [-0.4, -0.2) is 25.1 Å². The van der Waals surface area contributed by atoms with Crippen molar-refractivity contribution in [2.75, 3.05) is 13.2 Å². The predicted molar refractivity (Wildman–Crippen MR) is 98.2 cm³/mol. The highest BCUT2D eigenvalue weighted by atomic mass is 16.5. The Balaban J connectivity index is 1.52. The molecule has 0 radical (unpaired) electrons. The number of carbonyl (C=O) groups is 2. The van der Waals surface area contributed by atoms with E-state index in [-0.39, 0.29) is 18.6 Å². The summed E-state index contributed by atoms with van der Waals surface area (Å²) in [7, 11) is 0. The lowest BCUT2D eigenvalue weighted by molar-refractivity contribution is -0.125. The largest absolute Gasteiger partial charge is 0.494 e. The van der Waals surface area contributed by atoms with Crippen LogP contribution >= 0.6 is 0 Å². The average molecular weight is 353 g/mol. The number of hydrogen-bond donors (Lipinski definition) is 1. The van der Waals surface area contributed by atoms with Crippen molar-refractivity contribution in [1.82, 2.24) is 5.32 Å². The smallest absolute Gasteiger partial charge is 0.338 e. The van der Waals surface area contributed by atoms with Gasteiger partial charge in [0.15, 0.2) is 6.61 Å². The zero-order chi connectivity index (χ0) is 18.4. The van der Waals surface area contributed by atoms with E-state index >= 15 is 0 Å². The minimum absolute atomic E-state index is 0.0170. The molecule has 0 aromatic heterocycles. The molecular formula is C21H23NO4. The number of carbonyl (C=O) groups excluding carboxylic acids is 2. The molecule has 0 saturated carbocycles. The summed E-state index contributed by atoms with van der Waals surface area (Å²) < 4.78 is 10.5. The monoisotopic (exact) mass is 353 g/mol. The topological polar surface area (TPSA) is 64.6 Å². The number of rotatable bonds is 6. The van der Waals surface area contributed by atoms with E-state index in [1.165, 1.54) is 5.56 Å². The van der Waals surface area contributed by atoms with Crippen molar-refractivity contribution in [3.8, 4) is 5.75 Å². The maximum Gasteiger partial charge on any atom is 0.338 e. The Hall–Kier alpha value is -2.82. The van der Waals surface area contributed by atoms with Gasteiger partial charge >= 0.3 is 5.97 Å². The normalized spacial score (nSPS) is 15.7. The van der Waals surface area contributed by atoms with Crippen LogP contribution in [0.5, 0.6) is 5.75 Å². The summed E-state index contributed by atoms with van der Waals surface area (Å²) in [6.07, 6.45) is 2.97. The van der Waals surface area contributed by atoms with Crippen LogP contribution in [0, 0.1) is 0 Å². The van der Waals surface area contributed by atoms with Crippen LogP contribution in [-0.2, 0) is 16.0 Å². The summed E-state index contributed by atoms with van der Waals surface area (Å²) >= 11 is 0. The van der Waals surface area contributed by atoms with E-state index in [2.05, 4.69) is 11.4 Å². The van der Waals surface area contributed by atoms with Gasteiger partial charge in [-0.2, -0.15) is 0 Å². The molecule has 0 unspecified atom stereocenters. The summed E-state index contributed by atoms with van der Waals surface area (Å²) in [5.41, 5.74) is 2.82. The van der Waals surface area contributed by atoms with Crippen molar-refractivity contribution >= 4 is 11.9 Å². The maximum atomic E-state index is 12.2. The van der Waals surface area contributed by atoms with Crippen LogP contribution in [0.2, 0.25) is 0 Å². The Labute approximate surface area is 153 Å². The van der Waals surface area contributed by atoms with Gasteiger partial charge < -0.3 is 14.8 Å². The number of hydrogen-bond acceptors (Lipinski definition) is 4. The third-order valence-corrected chi connectivity index (χ3v) is 4.44. The van der Waals surface area contributed by atoms with E-state index in [9.17, 15) is 9.59 Å². The van der Waals surface area contributed by atoms with Crippen molar-refractivity contribution in [3.05, 3.63) is 65.2 Å². The number of fused-ring (bicyclic) bond motifs is 1. The van der Waals surface area contributed by atoms with Gasteiger partial charge in [0, 0.05) is 0 Å². The highest BCUT2D eigenvalue weighted by molar-refractivity contribution is 5.91. The van der Waals surface area contributed by atoms with Crippen molar-refractivity contribution in [1.29, 1.82) is 0 Å². The highest BCUT2D eigenvalue weighted by Crippen LogP contribution is 2.29. The number of nitrogens with one attached hydrogen (secondary N) is 1. The van der Waals surface area contributed by atoms with Gasteiger partial charge in [0.2, 0.25) is 0 Å². The van der Waals surface area contributed by atoms with Crippen LogP contribution in [0.1, 0.15) is 47.3 Å². The van der Waals surface area contributed by atoms with E-state index in [0.717, 1.165) is 24.8 Å². The molecule has 0 spiro atoms. The summed E-state index contributed by atoms with van der Waals surface area (Å²) in [5.74, 6) is -0.115. The molecule has 5 nitrogen and oxygen atoms in total. The number of benzene rings is 2. The molecule has 1 N–H and O–H groups in total. The maximum absolute atomic E-state index is 12.2. The molecule has 1 aliphatic carbocycles. The first kappa shape index (κ1) is 18.0. The van der Waals surface area contributed by atoms with Crippen molar-refractivity contribution in [2.24, 2.45) is 0 Å². The Kier molecular flexibility index (Phi) is 5.89. The van der Waals surface area contributed by atoms with Gasteiger partial charge in [-0.05, 0) is 61.6 Å². The minimum Gasteiger partial charge on any atom is -0.494 e. The van der Waals surface area contributed by atoms with E-state index < -0.39 is 5.97 Å². The Morgan fingerprint density at radius 3 is 2.65 bits per heavy atom. The fourth-order valence-electron chi connectivity index (χ4n) is 3.21. The lowest BCUT2D eigenvalue weighted by Gasteiger charge is -2.26. The van der Waals surface area contributed by atoms with Gasteiger partial charge in [-0.25, -0.2) is 4.79 Å². The molecule has 5 heteroatoms. The average Bonchev–Trinajstić information content (AvgIpc) is 2.67. The summed E-state index contributed by atoms with van der Waals surface area (Å²) in [4.78, 5) is 24.3. The lowest BCUT2D eigenvalue weighted by atomic mass is 9.88. The molecule has 0 aliphatic heterocycles. The first-order valence-corrected chi connectivity index (χ1v) is 8.94. The van der Waals surface area contributed by atoms with Crippen molar-refractivity contribution in [3.63, 3.8) is 0 Å². The van der Waals surface area contributed by atoms with Crippen LogP contribution in [0.15, 0.2) is 48.5 Å². The molecule has 1 aliphatic rings. The van der Waals surface area contributed by atoms with Gasteiger partial charge in [-0.15, -0.1) is 0 Å². The zero-order valence-electron chi connectivity index (χ0n) is 14.9. The third kappa shape index (κ3) is 4.42. The molecule has 0 heterocycles. The van der Waals surface area contributed by atoms with Gasteiger partial charge in [0.25, 0.3) is 5.91 Å². The number of amides is 1. The fraction of sp³-hybridized carbons (Fsp3) is 0.333. The second-order valence-corrected chi connectivity index (χ2v) is 6.24. The van der Waals surface area contributed by atoms with E-state index in [0.29, 0.717) is 17.9 Å². The summed E-state index contributed by atoms with van der Waals surface area (Å²) in [6.45, 7) is 2.17. The molecule has 1 atom stereocenters. The second-order valence-electron chi connectivity index (χ2n) is 6.24. The van der Waals surface area contributed by atoms with Gasteiger partial charge in [0.05, 0.1) is 18.2 Å². The molecule has 26 heavy (non-hydrogen) atoms. The fourth-order valence-corrected chi connectivity index (χ4v) is 3.21. The van der Waals surface area contributed by atoms with Crippen LogP contribution < -0.4 is 10.1 Å². The second kappa shape index (κ2) is 8.52. The summed E-state index contributed by atoms with van der Waals surface area (Å²) in [6, 6.07) is 14.8. The number of esters is 1. The number of ether oxygens (including phenoxy) is 2. The molecule has 0 fully saturated rings. The van der Waals surface area contributed by atoms with Gasteiger partial charge in [0.1, 0.15) is 5.75 Å². The number of aryl methyl sites for hydroxylation is 1. The quantitative estimate of drug-likeness (QED) is 0.808. The first-order chi connectivity index (χ1) is 12.7. The van der Waals surface area contributed by atoms with Crippen molar-refractivity contribution < 1.29 is 19.1 Å². The Bertz CT molecular complexity index is 770. The molecule has 136 valence electrons. The van der Waals surface area contributed by atoms with Crippen LogP contribution in [0.25, 0.3) is 0 Å². The van der Waals surface area contributed by atoms with Crippen LogP contribution in [0.3, 0.4) is 0 Å². The Morgan fingerprint density at radius 1 is 1.12 bits per heavy atom. The van der Waals surface area contributed by atoms with Crippen LogP contribution in [0.4, 0.5) is 0 Å². The van der Waals surface area contributed by atoms with E-state index in [1.54, 1.807) is 24.3 Å².